The average Bonchev–Trinajstić information content (AvgIpc) is 2.96. The van der Waals surface area contributed by atoms with Crippen LogP contribution in [0.2, 0.25) is 0 Å². The standard InChI is InChI=1S/C16H29N5O/c1-12(9-10-14-7-5-4-6-8-14)19-16(17-3)18-11-15-20-13(2)22-21-15/h12,14H,4-11H2,1-3H3,(H2,17,18,19). The molecule has 1 saturated carbocycles. The molecule has 2 rings (SSSR count). The molecule has 1 unspecified atom stereocenters. The summed E-state index contributed by atoms with van der Waals surface area (Å²) in [6.07, 6.45) is 9.59. The van der Waals surface area contributed by atoms with E-state index in [0.717, 1.165) is 11.9 Å². The second-order valence-electron chi connectivity index (χ2n) is 6.28. The van der Waals surface area contributed by atoms with Crippen LogP contribution in [0.15, 0.2) is 9.52 Å². The lowest BCUT2D eigenvalue weighted by Crippen LogP contribution is -2.42. The molecule has 6 nitrogen and oxygen atoms in total. The molecule has 124 valence electrons. The molecule has 1 aromatic heterocycles. The third-order valence-corrected chi connectivity index (χ3v) is 4.32. The summed E-state index contributed by atoms with van der Waals surface area (Å²) >= 11 is 0. The summed E-state index contributed by atoms with van der Waals surface area (Å²) in [5, 5.41) is 10.5. The van der Waals surface area contributed by atoms with Gasteiger partial charge >= 0.3 is 0 Å². The normalized spacial score (nSPS) is 18.2. The number of aryl methyl sites for hydroxylation is 1. The lowest BCUT2D eigenvalue weighted by Gasteiger charge is -2.24. The maximum Gasteiger partial charge on any atom is 0.223 e. The summed E-state index contributed by atoms with van der Waals surface area (Å²) in [6, 6.07) is 0.417. The Hall–Kier alpha value is -1.59. The van der Waals surface area contributed by atoms with E-state index in [1.807, 2.05) is 0 Å². The van der Waals surface area contributed by atoms with E-state index < -0.39 is 0 Å². The third kappa shape index (κ3) is 5.66. The Kier molecular flexibility index (Phi) is 6.68. The van der Waals surface area contributed by atoms with Gasteiger partial charge in [0.25, 0.3) is 0 Å². The van der Waals surface area contributed by atoms with Gasteiger partial charge in [0.1, 0.15) is 0 Å². The molecule has 1 fully saturated rings. The Bertz CT molecular complexity index is 465. The maximum atomic E-state index is 4.96. The van der Waals surface area contributed by atoms with Crippen LogP contribution in [0.5, 0.6) is 0 Å². The number of hydrogen-bond acceptors (Lipinski definition) is 4. The zero-order valence-electron chi connectivity index (χ0n) is 14.1. The summed E-state index contributed by atoms with van der Waals surface area (Å²) in [6.45, 7) is 4.53. The molecule has 0 saturated heterocycles. The second-order valence-corrected chi connectivity index (χ2v) is 6.28. The fourth-order valence-corrected chi connectivity index (χ4v) is 3.04. The minimum Gasteiger partial charge on any atom is -0.354 e. The van der Waals surface area contributed by atoms with Crippen LogP contribution in [0.25, 0.3) is 0 Å². The number of guanidine groups is 1. The van der Waals surface area contributed by atoms with Crippen LogP contribution in [-0.4, -0.2) is 29.2 Å². The van der Waals surface area contributed by atoms with Crippen LogP contribution in [-0.2, 0) is 6.54 Å². The number of rotatable bonds is 6. The first kappa shape index (κ1) is 16.8. The molecule has 1 aliphatic rings. The van der Waals surface area contributed by atoms with E-state index in [1.165, 1.54) is 44.9 Å². The number of aromatic nitrogens is 2. The summed E-state index contributed by atoms with van der Waals surface area (Å²) in [5.74, 6) is 2.95. The fraction of sp³-hybridized carbons (Fsp3) is 0.812. The number of nitrogens with zero attached hydrogens (tertiary/aromatic N) is 3. The zero-order chi connectivity index (χ0) is 15.8. The Labute approximate surface area is 133 Å². The fourth-order valence-electron chi connectivity index (χ4n) is 3.04. The predicted octanol–water partition coefficient (Wildman–Crippen LogP) is 2.79. The molecule has 6 heteroatoms. The van der Waals surface area contributed by atoms with Crippen molar-refractivity contribution >= 4 is 5.96 Å². The van der Waals surface area contributed by atoms with Gasteiger partial charge in [0.15, 0.2) is 11.8 Å². The van der Waals surface area contributed by atoms with Crippen LogP contribution >= 0.6 is 0 Å². The van der Waals surface area contributed by atoms with Gasteiger partial charge in [-0.25, -0.2) is 0 Å². The van der Waals surface area contributed by atoms with Crippen molar-refractivity contribution in [2.75, 3.05) is 7.05 Å². The predicted molar refractivity (Wildman–Crippen MR) is 87.6 cm³/mol. The van der Waals surface area contributed by atoms with Gasteiger partial charge in [-0.3, -0.25) is 4.99 Å². The summed E-state index contributed by atoms with van der Waals surface area (Å²) in [5.41, 5.74) is 0. The molecule has 0 spiro atoms. The monoisotopic (exact) mass is 307 g/mol. The molecule has 0 aliphatic heterocycles. The molecule has 0 aromatic carbocycles. The van der Waals surface area contributed by atoms with Gasteiger partial charge in [-0.05, 0) is 25.7 Å². The van der Waals surface area contributed by atoms with Crippen LogP contribution in [0.3, 0.4) is 0 Å². The summed E-state index contributed by atoms with van der Waals surface area (Å²) < 4.78 is 4.96. The number of hydrogen-bond donors (Lipinski definition) is 2. The van der Waals surface area contributed by atoms with E-state index in [-0.39, 0.29) is 0 Å². The highest BCUT2D eigenvalue weighted by molar-refractivity contribution is 5.79. The van der Waals surface area contributed by atoms with Crippen LogP contribution in [0, 0.1) is 12.8 Å². The van der Waals surface area contributed by atoms with Gasteiger partial charge in [-0.2, -0.15) is 4.98 Å². The van der Waals surface area contributed by atoms with E-state index in [1.54, 1.807) is 14.0 Å². The molecule has 0 radical (unpaired) electrons. The molecule has 1 atom stereocenters. The Balaban J connectivity index is 1.67. The van der Waals surface area contributed by atoms with Crippen molar-refractivity contribution in [3.8, 4) is 0 Å². The molecule has 0 bridgehead atoms. The lowest BCUT2D eigenvalue weighted by molar-refractivity contribution is 0.322. The minimum absolute atomic E-state index is 0.417. The Morgan fingerprint density at radius 3 is 2.77 bits per heavy atom. The largest absolute Gasteiger partial charge is 0.354 e. The molecule has 2 N–H and O–H groups in total. The summed E-state index contributed by atoms with van der Waals surface area (Å²) in [4.78, 5) is 8.42. The second kappa shape index (κ2) is 8.76. The van der Waals surface area contributed by atoms with Crippen LogP contribution < -0.4 is 10.6 Å². The Morgan fingerprint density at radius 2 is 2.14 bits per heavy atom. The number of aliphatic imine (C=N–C) groups is 1. The van der Waals surface area contributed by atoms with Crippen LogP contribution in [0.1, 0.15) is 63.6 Å². The molecular weight excluding hydrogens is 278 g/mol. The van der Waals surface area contributed by atoms with E-state index in [2.05, 4.69) is 32.7 Å². The highest BCUT2D eigenvalue weighted by Gasteiger charge is 2.15. The molecule has 22 heavy (non-hydrogen) atoms. The van der Waals surface area contributed by atoms with E-state index >= 15 is 0 Å². The Morgan fingerprint density at radius 1 is 1.36 bits per heavy atom. The average molecular weight is 307 g/mol. The van der Waals surface area contributed by atoms with Gasteiger partial charge in [0.2, 0.25) is 5.89 Å². The van der Waals surface area contributed by atoms with Crippen molar-refractivity contribution in [3.05, 3.63) is 11.7 Å². The zero-order valence-corrected chi connectivity index (χ0v) is 14.1. The van der Waals surface area contributed by atoms with E-state index in [4.69, 9.17) is 4.52 Å². The van der Waals surface area contributed by atoms with Crippen molar-refractivity contribution in [1.82, 2.24) is 20.8 Å². The first-order valence-corrected chi connectivity index (χ1v) is 8.43. The van der Waals surface area contributed by atoms with Gasteiger partial charge in [0.05, 0.1) is 6.54 Å². The molecule has 1 aliphatic carbocycles. The van der Waals surface area contributed by atoms with Crippen molar-refractivity contribution in [2.45, 2.75) is 71.4 Å². The third-order valence-electron chi connectivity index (χ3n) is 4.32. The van der Waals surface area contributed by atoms with Crippen molar-refractivity contribution in [2.24, 2.45) is 10.9 Å². The topological polar surface area (TPSA) is 75.3 Å². The van der Waals surface area contributed by atoms with Gasteiger partial charge in [-0.1, -0.05) is 37.3 Å². The molecular formula is C16H29N5O. The highest BCUT2D eigenvalue weighted by atomic mass is 16.5. The quantitative estimate of drug-likeness (QED) is 0.624. The van der Waals surface area contributed by atoms with E-state index in [9.17, 15) is 0 Å². The molecule has 1 heterocycles. The molecule has 0 amide bonds. The SMILES string of the molecule is CN=C(NCc1noc(C)n1)NC(C)CCC1CCCCC1. The lowest BCUT2D eigenvalue weighted by atomic mass is 9.85. The first-order valence-electron chi connectivity index (χ1n) is 8.43. The smallest absolute Gasteiger partial charge is 0.223 e. The summed E-state index contributed by atoms with van der Waals surface area (Å²) in [7, 11) is 1.78. The van der Waals surface area contributed by atoms with Crippen molar-refractivity contribution in [1.29, 1.82) is 0 Å². The van der Waals surface area contributed by atoms with Gasteiger partial charge < -0.3 is 15.2 Å². The van der Waals surface area contributed by atoms with Gasteiger partial charge in [0, 0.05) is 20.0 Å². The molecule has 1 aromatic rings. The number of nitrogens with one attached hydrogen (secondary N) is 2. The van der Waals surface area contributed by atoms with Crippen LogP contribution in [0.4, 0.5) is 0 Å². The first-order chi connectivity index (χ1) is 10.7. The highest BCUT2D eigenvalue weighted by Crippen LogP contribution is 2.27. The maximum absolute atomic E-state index is 4.96. The van der Waals surface area contributed by atoms with E-state index in [0.29, 0.717) is 24.3 Å². The van der Waals surface area contributed by atoms with Crippen molar-refractivity contribution in [3.63, 3.8) is 0 Å². The van der Waals surface area contributed by atoms with Crippen molar-refractivity contribution < 1.29 is 4.52 Å². The van der Waals surface area contributed by atoms with Gasteiger partial charge in [-0.15, -0.1) is 0 Å². The minimum atomic E-state index is 0.417.